The van der Waals surface area contributed by atoms with Crippen LogP contribution in [0.2, 0.25) is 5.02 Å². The monoisotopic (exact) mass is 882 g/mol. The van der Waals surface area contributed by atoms with Crippen molar-refractivity contribution in [3.8, 4) is 17.9 Å². The summed E-state index contributed by atoms with van der Waals surface area (Å²) >= 11 is 6.23. The van der Waals surface area contributed by atoms with Crippen LogP contribution in [0.4, 0.5) is 5.69 Å². The molecule has 15 nitrogen and oxygen atoms in total. The summed E-state index contributed by atoms with van der Waals surface area (Å²) in [6.45, 7) is 14.6. The number of carbonyl (C=O) groups excluding carboxylic acids is 4. The van der Waals surface area contributed by atoms with Gasteiger partial charge < -0.3 is 40.7 Å². The van der Waals surface area contributed by atoms with Crippen molar-refractivity contribution < 1.29 is 33.8 Å². The number of nitrogens with one attached hydrogen (secondary N) is 4. The molecular formula is C47H59ClN8O7. The van der Waals surface area contributed by atoms with Crippen molar-refractivity contribution in [3.63, 3.8) is 0 Å². The first-order chi connectivity index (χ1) is 29.8. The SMILES string of the molecule is CC(C)(C)[C@H](NC(=O)COCCCCCNc1ccc(C(=O)N[C@H]2C(C)(C)[C@H](Oc3ccc(C#N)c(Cl)c3)C2(C)C)cc1)C(=O)N1C[C@H](O)C[C@H]1C(=O)NCc1ccc(C#N)cn1. The zero-order valence-electron chi connectivity index (χ0n) is 37.1. The van der Waals surface area contributed by atoms with Crippen LogP contribution in [0.3, 0.4) is 0 Å². The second-order valence-corrected chi connectivity index (χ2v) is 19.0. The number of aliphatic hydroxyl groups excluding tert-OH is 1. The maximum Gasteiger partial charge on any atom is 0.251 e. The minimum atomic E-state index is -0.971. The van der Waals surface area contributed by atoms with Gasteiger partial charge in [-0.15, -0.1) is 0 Å². The minimum absolute atomic E-state index is 0.0434. The standard InChI is InChI=1S/C47H59ClN8O7/c1-45(2,3)39(42(61)56-27-34(57)21-37(56)41(60)53-26-33-15-11-29(23-49)25-52-33)54-38(58)28-62-20-10-8-9-19-51-32-16-12-30(13-17-32)40(59)55-43-46(4,5)44(47(43,6)7)63-35-18-14-31(24-50)36(48)22-35/h11-18,22,25,34,37,39,43-44,51,57H,8-10,19-21,26-28H2,1-7H3,(H,53,60)(H,54,58)(H,55,59)/t34-,37+,39-,43-,44-/m1/s1. The first kappa shape index (κ1) is 48.3. The number of aromatic nitrogens is 1. The summed E-state index contributed by atoms with van der Waals surface area (Å²) in [4.78, 5) is 58.8. The predicted octanol–water partition coefficient (Wildman–Crippen LogP) is 5.50. The molecule has 0 radical (unpaired) electrons. The summed E-state index contributed by atoms with van der Waals surface area (Å²) in [5.74, 6) is -0.971. The van der Waals surface area contributed by atoms with Crippen LogP contribution in [0, 0.1) is 38.9 Å². The van der Waals surface area contributed by atoms with Gasteiger partial charge in [-0.1, -0.05) is 60.1 Å². The van der Waals surface area contributed by atoms with Crippen molar-refractivity contribution in [2.24, 2.45) is 16.2 Å². The maximum atomic E-state index is 13.8. The second-order valence-electron chi connectivity index (χ2n) is 18.5. The highest BCUT2D eigenvalue weighted by Gasteiger charge is 2.64. The molecule has 1 saturated carbocycles. The number of amides is 4. The highest BCUT2D eigenvalue weighted by molar-refractivity contribution is 6.31. The zero-order valence-corrected chi connectivity index (χ0v) is 37.8. The molecule has 5 rings (SSSR count). The maximum absolute atomic E-state index is 13.8. The Morgan fingerprint density at radius 2 is 1.70 bits per heavy atom. The Hall–Kier alpha value is -5.74. The number of hydrogen-bond acceptors (Lipinski definition) is 11. The van der Waals surface area contributed by atoms with Crippen LogP contribution < -0.4 is 26.0 Å². The van der Waals surface area contributed by atoms with E-state index in [2.05, 4.69) is 60.0 Å². The van der Waals surface area contributed by atoms with E-state index in [-0.39, 0.29) is 55.0 Å². The van der Waals surface area contributed by atoms with Gasteiger partial charge in [-0.2, -0.15) is 10.5 Å². The van der Waals surface area contributed by atoms with E-state index in [9.17, 15) is 29.5 Å². The molecule has 2 heterocycles. The molecule has 1 aromatic heterocycles. The number of likely N-dealkylation sites (tertiary alicyclic amines) is 1. The lowest BCUT2D eigenvalue weighted by Crippen LogP contribution is -2.74. The Bertz CT molecular complexity index is 2180. The average molecular weight is 883 g/mol. The van der Waals surface area contributed by atoms with Gasteiger partial charge >= 0.3 is 0 Å². The van der Waals surface area contributed by atoms with Crippen molar-refractivity contribution in [2.75, 3.05) is 31.6 Å². The molecule has 0 spiro atoms. The van der Waals surface area contributed by atoms with E-state index < -0.39 is 41.3 Å². The molecule has 0 bridgehead atoms. The number of halogens is 1. The Kier molecular flexibility index (Phi) is 15.8. The van der Waals surface area contributed by atoms with Crippen molar-refractivity contribution in [2.45, 2.75) is 111 Å². The van der Waals surface area contributed by atoms with Crippen molar-refractivity contribution in [1.29, 1.82) is 10.5 Å². The number of aliphatic hydroxyl groups is 1. The fraction of sp³-hybridized carbons (Fsp3) is 0.511. The quantitative estimate of drug-likeness (QED) is 0.101. The molecule has 5 N–H and O–H groups in total. The first-order valence-electron chi connectivity index (χ1n) is 21.3. The number of nitrogens with zero attached hydrogens (tertiary/aromatic N) is 4. The third-order valence-corrected chi connectivity index (χ3v) is 12.1. The van der Waals surface area contributed by atoms with Crippen molar-refractivity contribution in [1.82, 2.24) is 25.8 Å². The fourth-order valence-corrected chi connectivity index (χ4v) is 8.88. The summed E-state index contributed by atoms with van der Waals surface area (Å²) in [6.07, 6.45) is 2.78. The van der Waals surface area contributed by atoms with Crippen molar-refractivity contribution in [3.05, 3.63) is 88.2 Å². The summed E-state index contributed by atoms with van der Waals surface area (Å²) in [5, 5.41) is 41.1. The van der Waals surface area contributed by atoms with Crippen LogP contribution in [0.15, 0.2) is 60.8 Å². The van der Waals surface area contributed by atoms with Crippen LogP contribution in [-0.4, -0.2) is 95.3 Å². The number of hydrogen-bond donors (Lipinski definition) is 5. The molecule has 2 fully saturated rings. The van der Waals surface area contributed by atoms with Crippen LogP contribution in [0.1, 0.15) is 101 Å². The molecule has 1 saturated heterocycles. The number of ether oxygens (including phenoxy) is 2. The average Bonchev–Trinajstić information content (AvgIpc) is 3.65. The lowest BCUT2D eigenvalue weighted by molar-refractivity contribution is -0.164. The molecule has 336 valence electrons. The van der Waals surface area contributed by atoms with Crippen LogP contribution in [0.25, 0.3) is 0 Å². The van der Waals surface area contributed by atoms with Crippen LogP contribution in [-0.2, 0) is 25.7 Å². The number of β-amino-alcohol motifs (C(OH)–C–C–N with tert-alkyl or cyclic N) is 1. The predicted molar refractivity (Wildman–Crippen MR) is 237 cm³/mol. The number of nitriles is 2. The number of pyridine rings is 1. The van der Waals surface area contributed by atoms with Gasteiger partial charge in [0, 0.05) is 66.5 Å². The lowest BCUT2D eigenvalue weighted by atomic mass is 9.49. The molecule has 2 aliphatic rings. The Labute approximate surface area is 374 Å². The molecule has 1 aliphatic heterocycles. The summed E-state index contributed by atoms with van der Waals surface area (Å²) in [5.41, 5.74) is 1.28. The lowest BCUT2D eigenvalue weighted by Gasteiger charge is -2.63. The topological polar surface area (TPSA) is 219 Å². The van der Waals surface area contributed by atoms with Gasteiger partial charge in [-0.3, -0.25) is 24.2 Å². The minimum Gasteiger partial charge on any atom is -0.489 e. The smallest absolute Gasteiger partial charge is 0.251 e. The number of anilines is 1. The highest BCUT2D eigenvalue weighted by atomic mass is 35.5. The Balaban J connectivity index is 0.991. The van der Waals surface area contributed by atoms with Crippen LogP contribution >= 0.6 is 11.6 Å². The molecule has 3 atom stereocenters. The fourth-order valence-electron chi connectivity index (χ4n) is 8.67. The second kappa shape index (κ2) is 20.6. The van der Waals surface area contributed by atoms with Gasteiger partial charge in [0.1, 0.15) is 42.7 Å². The van der Waals surface area contributed by atoms with Gasteiger partial charge in [-0.05, 0) is 73.2 Å². The molecule has 3 aromatic rings. The normalized spacial score (nSPS) is 20.3. The molecule has 63 heavy (non-hydrogen) atoms. The van der Waals surface area contributed by atoms with Crippen LogP contribution in [0.5, 0.6) is 5.75 Å². The van der Waals surface area contributed by atoms with Gasteiger partial charge in [0.05, 0.1) is 34.5 Å². The molecule has 2 aromatic carbocycles. The van der Waals surface area contributed by atoms with E-state index >= 15 is 0 Å². The van der Waals surface area contributed by atoms with E-state index in [1.165, 1.54) is 11.1 Å². The van der Waals surface area contributed by atoms with Crippen molar-refractivity contribution >= 4 is 40.9 Å². The zero-order chi connectivity index (χ0) is 46.1. The summed E-state index contributed by atoms with van der Waals surface area (Å²) < 4.78 is 12.0. The highest BCUT2D eigenvalue weighted by Crippen LogP contribution is 2.55. The summed E-state index contributed by atoms with van der Waals surface area (Å²) in [6, 6.07) is 17.6. The van der Waals surface area contributed by atoms with Gasteiger partial charge in [0.25, 0.3) is 5.91 Å². The number of rotatable bonds is 18. The van der Waals surface area contributed by atoms with Gasteiger partial charge in [0.2, 0.25) is 17.7 Å². The number of carbonyl (C=O) groups is 4. The summed E-state index contributed by atoms with van der Waals surface area (Å²) in [7, 11) is 0. The molecule has 1 aliphatic carbocycles. The van der Waals surface area contributed by atoms with E-state index in [1.807, 2.05) is 39.0 Å². The van der Waals surface area contributed by atoms with E-state index in [1.54, 1.807) is 42.5 Å². The molecule has 4 amide bonds. The third-order valence-electron chi connectivity index (χ3n) is 11.8. The van der Waals surface area contributed by atoms with Gasteiger partial charge in [-0.25, -0.2) is 0 Å². The van der Waals surface area contributed by atoms with E-state index in [4.69, 9.17) is 26.3 Å². The number of unbranched alkanes of at least 4 members (excludes halogenated alkanes) is 2. The molecule has 0 unspecified atom stereocenters. The first-order valence-corrected chi connectivity index (χ1v) is 21.6. The Morgan fingerprint density at radius 1 is 0.984 bits per heavy atom. The Morgan fingerprint density at radius 3 is 2.32 bits per heavy atom. The van der Waals surface area contributed by atoms with Gasteiger partial charge in [0.15, 0.2) is 0 Å². The largest absolute Gasteiger partial charge is 0.489 e. The number of benzene rings is 2. The third kappa shape index (κ3) is 12.0. The molecule has 16 heteroatoms. The van der Waals surface area contributed by atoms with E-state index in [0.717, 1.165) is 24.9 Å². The molecular weight excluding hydrogens is 824 g/mol. The van der Waals surface area contributed by atoms with E-state index in [0.29, 0.717) is 46.3 Å².